The van der Waals surface area contributed by atoms with Gasteiger partial charge in [0.15, 0.2) is 0 Å². The van der Waals surface area contributed by atoms with Crippen molar-refractivity contribution in [1.82, 2.24) is 0 Å². The van der Waals surface area contributed by atoms with Gasteiger partial charge in [-0.05, 0) is 24.6 Å². The maximum atomic E-state index is 10.3. The van der Waals surface area contributed by atoms with Gasteiger partial charge in [-0.3, -0.25) is 0 Å². The van der Waals surface area contributed by atoms with Crippen LogP contribution in [0.4, 0.5) is 0 Å². The van der Waals surface area contributed by atoms with Gasteiger partial charge in [0, 0.05) is 6.42 Å². The molecule has 0 saturated carbocycles. The third kappa shape index (κ3) is 2.33. The third-order valence-electron chi connectivity index (χ3n) is 1.78. The van der Waals surface area contributed by atoms with Crippen LogP contribution in [0.2, 0.25) is 0 Å². The molecule has 0 N–H and O–H groups in total. The van der Waals surface area contributed by atoms with Gasteiger partial charge in [-0.25, -0.2) is 0 Å². The summed E-state index contributed by atoms with van der Waals surface area (Å²) in [7, 11) is 0. The van der Waals surface area contributed by atoms with Gasteiger partial charge >= 0.3 is 0 Å². The van der Waals surface area contributed by atoms with E-state index in [9.17, 15) is 4.79 Å². The van der Waals surface area contributed by atoms with E-state index in [1.165, 1.54) is 0 Å². The number of rotatable bonds is 4. The van der Waals surface area contributed by atoms with Crippen molar-refractivity contribution in [3.63, 3.8) is 0 Å². The highest BCUT2D eigenvalue weighted by molar-refractivity contribution is 5.57. The van der Waals surface area contributed by atoms with Crippen LogP contribution >= 0.6 is 0 Å². The first-order chi connectivity index (χ1) is 6.81. The number of nitriles is 1. The lowest BCUT2D eigenvalue weighted by Crippen LogP contribution is -1.96. The molecule has 0 aliphatic rings. The Morgan fingerprint density at radius 2 is 2.36 bits per heavy atom. The lowest BCUT2D eigenvalue weighted by Gasteiger charge is -2.05. The van der Waals surface area contributed by atoms with Crippen molar-refractivity contribution in [1.29, 1.82) is 5.26 Å². The number of ether oxygens (including phenoxy) is 1. The normalized spacial score (nSPS) is 9.14. The molecule has 1 aromatic carbocycles. The summed E-state index contributed by atoms with van der Waals surface area (Å²) in [6.07, 6.45) is 1.15. The topological polar surface area (TPSA) is 50.1 Å². The lowest BCUT2D eigenvalue weighted by molar-refractivity contribution is -0.107. The number of aldehydes is 1. The molecule has 0 atom stereocenters. The summed E-state index contributed by atoms with van der Waals surface area (Å²) in [5.74, 6) is 0.574. The van der Waals surface area contributed by atoms with Crippen molar-refractivity contribution in [2.24, 2.45) is 0 Å². The van der Waals surface area contributed by atoms with Gasteiger partial charge in [-0.1, -0.05) is 6.07 Å². The zero-order chi connectivity index (χ0) is 10.4. The molecule has 0 heterocycles. The number of benzene rings is 1. The van der Waals surface area contributed by atoms with E-state index < -0.39 is 0 Å². The summed E-state index contributed by atoms with van der Waals surface area (Å²) in [5.41, 5.74) is 1.31. The molecule has 3 heteroatoms. The van der Waals surface area contributed by atoms with E-state index in [0.29, 0.717) is 24.3 Å². The lowest BCUT2D eigenvalue weighted by atomic mass is 10.1. The minimum Gasteiger partial charge on any atom is -0.492 e. The highest BCUT2D eigenvalue weighted by Crippen LogP contribution is 2.19. The van der Waals surface area contributed by atoms with E-state index in [0.717, 1.165) is 11.8 Å². The minimum absolute atomic E-state index is 0.334. The number of nitrogens with zero attached hydrogens (tertiary/aromatic N) is 1. The molecule has 0 amide bonds. The van der Waals surface area contributed by atoms with E-state index in [-0.39, 0.29) is 0 Å². The summed E-state index contributed by atoms with van der Waals surface area (Å²) < 4.78 is 5.25. The molecule has 0 fully saturated rings. The number of hydrogen-bond acceptors (Lipinski definition) is 3. The number of hydrogen-bond donors (Lipinski definition) is 0. The monoisotopic (exact) mass is 189 g/mol. The molecule has 0 radical (unpaired) electrons. The molecule has 0 aromatic heterocycles. The first-order valence-electron chi connectivity index (χ1n) is 4.41. The third-order valence-corrected chi connectivity index (χ3v) is 1.78. The van der Waals surface area contributed by atoms with Crippen LogP contribution < -0.4 is 4.74 Å². The zero-order valence-electron chi connectivity index (χ0n) is 7.99. The molecule has 0 spiro atoms. The molecule has 0 bridgehead atoms. The fourth-order valence-corrected chi connectivity index (χ4v) is 1.17. The van der Waals surface area contributed by atoms with Crippen molar-refractivity contribution in [3.8, 4) is 11.8 Å². The molecule has 0 aliphatic heterocycles. The minimum atomic E-state index is 0.334. The zero-order valence-corrected chi connectivity index (χ0v) is 7.99. The summed E-state index contributed by atoms with van der Waals surface area (Å²) in [4.78, 5) is 10.3. The van der Waals surface area contributed by atoms with Crippen molar-refractivity contribution in [2.75, 3.05) is 6.61 Å². The van der Waals surface area contributed by atoms with Crippen LogP contribution in [-0.2, 0) is 11.2 Å². The molecule has 1 rings (SSSR count). The first kappa shape index (κ1) is 10.3. The van der Waals surface area contributed by atoms with Crippen LogP contribution in [0.5, 0.6) is 5.75 Å². The van der Waals surface area contributed by atoms with Crippen molar-refractivity contribution in [2.45, 2.75) is 13.3 Å². The number of carbonyl (C=O) groups excluding carboxylic acids is 1. The highest BCUT2D eigenvalue weighted by Gasteiger charge is 2.03. The van der Waals surface area contributed by atoms with Crippen molar-refractivity contribution >= 4 is 6.29 Å². The van der Waals surface area contributed by atoms with Gasteiger partial charge < -0.3 is 9.53 Å². The fourth-order valence-electron chi connectivity index (χ4n) is 1.17. The standard InChI is InChI=1S/C11H11NO2/c1-2-14-11-4-3-9(5-6-13)7-10(11)8-12/h3-4,6-7H,2,5H2,1H3. The second kappa shape index (κ2) is 5.03. The predicted octanol–water partition coefficient (Wildman–Crippen LogP) is 1.70. The molecule has 14 heavy (non-hydrogen) atoms. The van der Waals surface area contributed by atoms with Crippen molar-refractivity contribution < 1.29 is 9.53 Å². The SMILES string of the molecule is CCOc1ccc(CC=O)cc1C#N. The van der Waals surface area contributed by atoms with E-state index in [1.54, 1.807) is 18.2 Å². The van der Waals surface area contributed by atoms with Crippen LogP contribution in [0.25, 0.3) is 0 Å². The van der Waals surface area contributed by atoms with E-state index in [2.05, 4.69) is 0 Å². The molecule has 1 aromatic rings. The Labute approximate surface area is 82.9 Å². The maximum Gasteiger partial charge on any atom is 0.137 e. The molecule has 72 valence electrons. The number of carbonyl (C=O) groups is 1. The molecule has 0 aliphatic carbocycles. The van der Waals surface area contributed by atoms with Gasteiger partial charge in [0.2, 0.25) is 0 Å². The summed E-state index contributed by atoms with van der Waals surface area (Å²) in [6, 6.07) is 7.23. The van der Waals surface area contributed by atoms with Gasteiger partial charge in [0.25, 0.3) is 0 Å². The quantitative estimate of drug-likeness (QED) is 0.677. The van der Waals surface area contributed by atoms with E-state index in [4.69, 9.17) is 10.00 Å². The molecular weight excluding hydrogens is 178 g/mol. The van der Waals surface area contributed by atoms with Crippen LogP contribution in [-0.4, -0.2) is 12.9 Å². The van der Waals surface area contributed by atoms with E-state index >= 15 is 0 Å². The Morgan fingerprint density at radius 3 is 2.93 bits per heavy atom. The molecule has 0 saturated heterocycles. The van der Waals surface area contributed by atoms with Crippen LogP contribution in [0.3, 0.4) is 0 Å². The van der Waals surface area contributed by atoms with Crippen LogP contribution in [0.15, 0.2) is 18.2 Å². The fraction of sp³-hybridized carbons (Fsp3) is 0.273. The Kier molecular flexibility index (Phi) is 3.69. The second-order valence-corrected chi connectivity index (χ2v) is 2.75. The highest BCUT2D eigenvalue weighted by atomic mass is 16.5. The Bertz CT molecular complexity index is 366. The van der Waals surface area contributed by atoms with Gasteiger partial charge in [0.1, 0.15) is 18.1 Å². The van der Waals surface area contributed by atoms with E-state index in [1.807, 2.05) is 13.0 Å². The Balaban J connectivity index is 3.00. The van der Waals surface area contributed by atoms with Gasteiger partial charge in [-0.15, -0.1) is 0 Å². The smallest absolute Gasteiger partial charge is 0.137 e. The summed E-state index contributed by atoms with van der Waals surface area (Å²) >= 11 is 0. The Morgan fingerprint density at radius 1 is 1.57 bits per heavy atom. The van der Waals surface area contributed by atoms with Crippen LogP contribution in [0, 0.1) is 11.3 Å². The second-order valence-electron chi connectivity index (χ2n) is 2.75. The van der Waals surface area contributed by atoms with Gasteiger partial charge in [0.05, 0.1) is 12.2 Å². The van der Waals surface area contributed by atoms with Gasteiger partial charge in [-0.2, -0.15) is 5.26 Å². The average Bonchev–Trinajstić information content (AvgIpc) is 2.21. The largest absolute Gasteiger partial charge is 0.492 e. The maximum absolute atomic E-state index is 10.3. The van der Waals surface area contributed by atoms with Crippen LogP contribution in [0.1, 0.15) is 18.1 Å². The molecular formula is C11H11NO2. The summed E-state index contributed by atoms with van der Waals surface area (Å²) in [6.45, 7) is 2.39. The molecule has 0 unspecified atom stereocenters. The summed E-state index contributed by atoms with van der Waals surface area (Å²) in [5, 5.41) is 8.82. The predicted molar refractivity (Wildman–Crippen MR) is 52.1 cm³/mol. The Hall–Kier alpha value is -1.82. The molecule has 3 nitrogen and oxygen atoms in total. The first-order valence-corrected chi connectivity index (χ1v) is 4.41. The average molecular weight is 189 g/mol. The van der Waals surface area contributed by atoms with Crippen molar-refractivity contribution in [3.05, 3.63) is 29.3 Å².